The minimum absolute atomic E-state index is 0.0384. The SMILES string of the molecule is CSc1c(Cl)cccc1Sc1cnc(N2CCC3(CO[C@@H](C)C3)C(NC(O)OC(C)(C)C)C2)n2ccnc12. The number of rotatable bonds is 7. The van der Waals surface area contributed by atoms with E-state index in [0.29, 0.717) is 13.2 Å². The molecule has 2 saturated heterocycles. The first-order valence-corrected chi connectivity index (χ1v) is 15.3. The second-order valence-corrected chi connectivity index (χ2v) is 13.4. The van der Waals surface area contributed by atoms with Crippen LogP contribution in [0.1, 0.15) is 40.5 Å². The Bertz CT molecular complexity index is 1290. The second-order valence-electron chi connectivity index (χ2n) is 11.1. The van der Waals surface area contributed by atoms with E-state index < -0.39 is 12.0 Å². The van der Waals surface area contributed by atoms with E-state index in [1.807, 2.05) is 57.8 Å². The van der Waals surface area contributed by atoms with Crippen molar-refractivity contribution < 1.29 is 14.6 Å². The van der Waals surface area contributed by atoms with Gasteiger partial charge in [0.25, 0.3) is 0 Å². The number of hydrogen-bond donors (Lipinski definition) is 2. The van der Waals surface area contributed by atoms with E-state index in [-0.39, 0.29) is 17.6 Å². The van der Waals surface area contributed by atoms with Gasteiger partial charge in [-0.05, 0) is 58.9 Å². The fourth-order valence-corrected chi connectivity index (χ4v) is 7.78. The Kier molecular flexibility index (Phi) is 8.22. The Hall–Kier alpha value is -1.53. The minimum Gasteiger partial charge on any atom is -0.378 e. The Morgan fingerprint density at radius 1 is 1.29 bits per heavy atom. The van der Waals surface area contributed by atoms with Crippen molar-refractivity contribution in [3.8, 4) is 0 Å². The molecule has 0 aliphatic carbocycles. The Morgan fingerprint density at radius 2 is 2.11 bits per heavy atom. The molecule has 2 N–H and O–H groups in total. The molecule has 1 spiro atoms. The summed E-state index contributed by atoms with van der Waals surface area (Å²) in [6.45, 7) is 10.1. The normalized spacial score (nSPS) is 25.0. The molecule has 1 aromatic carbocycles. The quantitative estimate of drug-likeness (QED) is 0.287. The fraction of sp³-hybridized carbons (Fsp3) is 0.556. The number of imidazole rings is 1. The molecular weight excluding hydrogens is 542 g/mol. The summed E-state index contributed by atoms with van der Waals surface area (Å²) in [5.74, 6) is 0.831. The first kappa shape index (κ1) is 28.0. The van der Waals surface area contributed by atoms with Gasteiger partial charge >= 0.3 is 0 Å². The fourth-order valence-electron chi connectivity index (χ4n) is 5.48. The second kappa shape index (κ2) is 11.2. The molecule has 38 heavy (non-hydrogen) atoms. The lowest BCUT2D eigenvalue weighted by Gasteiger charge is -2.46. The number of fused-ring (bicyclic) bond motifs is 1. The molecule has 0 saturated carbocycles. The van der Waals surface area contributed by atoms with Gasteiger partial charge in [-0.15, -0.1) is 11.8 Å². The Labute approximate surface area is 237 Å². The molecule has 5 rings (SSSR count). The maximum atomic E-state index is 10.7. The average molecular weight is 578 g/mol. The third-order valence-corrected chi connectivity index (χ3v) is 9.66. The highest BCUT2D eigenvalue weighted by atomic mass is 35.5. The van der Waals surface area contributed by atoms with Crippen LogP contribution in [0.25, 0.3) is 5.65 Å². The van der Waals surface area contributed by atoms with Crippen LogP contribution in [-0.2, 0) is 9.47 Å². The minimum atomic E-state index is -1.07. The van der Waals surface area contributed by atoms with Gasteiger partial charge in [-0.3, -0.25) is 9.72 Å². The van der Waals surface area contributed by atoms with Crippen LogP contribution in [0, 0.1) is 5.41 Å². The van der Waals surface area contributed by atoms with E-state index in [0.717, 1.165) is 50.7 Å². The van der Waals surface area contributed by atoms with Gasteiger partial charge in [-0.25, -0.2) is 9.97 Å². The summed E-state index contributed by atoms with van der Waals surface area (Å²) in [5, 5.41) is 14.9. The van der Waals surface area contributed by atoms with Gasteiger partial charge in [0.1, 0.15) is 0 Å². The Morgan fingerprint density at radius 3 is 2.82 bits per heavy atom. The molecule has 206 valence electrons. The molecule has 2 aliphatic rings. The van der Waals surface area contributed by atoms with Gasteiger partial charge in [0.2, 0.25) is 12.4 Å². The summed E-state index contributed by atoms with van der Waals surface area (Å²) in [5.41, 5.74) is 0.318. The van der Waals surface area contributed by atoms with Crippen LogP contribution in [-0.4, -0.2) is 69.6 Å². The van der Waals surface area contributed by atoms with Gasteiger partial charge in [-0.1, -0.05) is 29.4 Å². The number of hydrogen-bond acceptors (Lipinski definition) is 9. The molecule has 3 unspecified atom stereocenters. The molecule has 2 aromatic heterocycles. The Balaban J connectivity index is 1.42. The lowest BCUT2D eigenvalue weighted by molar-refractivity contribution is -0.190. The van der Waals surface area contributed by atoms with Gasteiger partial charge in [0, 0.05) is 52.9 Å². The van der Waals surface area contributed by atoms with E-state index in [1.165, 1.54) is 0 Å². The van der Waals surface area contributed by atoms with Crippen LogP contribution < -0.4 is 10.2 Å². The predicted octanol–water partition coefficient (Wildman–Crippen LogP) is 5.31. The molecule has 0 amide bonds. The van der Waals surface area contributed by atoms with Crippen LogP contribution in [0.3, 0.4) is 0 Å². The molecule has 11 heteroatoms. The van der Waals surface area contributed by atoms with Crippen molar-refractivity contribution in [2.75, 3.05) is 30.9 Å². The number of aromatic nitrogens is 3. The molecule has 4 atom stereocenters. The van der Waals surface area contributed by atoms with E-state index in [4.69, 9.17) is 26.1 Å². The van der Waals surface area contributed by atoms with Gasteiger partial charge in [0.15, 0.2) is 5.65 Å². The van der Waals surface area contributed by atoms with Crippen molar-refractivity contribution in [1.82, 2.24) is 19.7 Å². The number of benzene rings is 1. The summed E-state index contributed by atoms with van der Waals surface area (Å²) < 4.78 is 13.9. The number of anilines is 1. The molecule has 2 fully saturated rings. The van der Waals surface area contributed by atoms with Crippen molar-refractivity contribution in [1.29, 1.82) is 0 Å². The smallest absolute Gasteiger partial charge is 0.214 e. The van der Waals surface area contributed by atoms with Crippen molar-refractivity contribution in [2.24, 2.45) is 5.41 Å². The summed E-state index contributed by atoms with van der Waals surface area (Å²) in [4.78, 5) is 15.0. The topological polar surface area (TPSA) is 84.2 Å². The highest BCUT2D eigenvalue weighted by Gasteiger charge is 2.49. The van der Waals surface area contributed by atoms with Crippen molar-refractivity contribution in [3.63, 3.8) is 0 Å². The van der Waals surface area contributed by atoms with Crippen LogP contribution in [0.4, 0.5) is 5.95 Å². The number of piperidine rings is 1. The van der Waals surface area contributed by atoms with Gasteiger partial charge in [-0.2, -0.15) is 0 Å². The number of aliphatic hydroxyl groups is 1. The molecule has 8 nitrogen and oxygen atoms in total. The highest BCUT2D eigenvalue weighted by Crippen LogP contribution is 2.44. The summed E-state index contributed by atoms with van der Waals surface area (Å²) >= 11 is 9.71. The lowest BCUT2D eigenvalue weighted by atomic mass is 9.73. The largest absolute Gasteiger partial charge is 0.378 e. The van der Waals surface area contributed by atoms with E-state index in [1.54, 1.807) is 23.5 Å². The van der Waals surface area contributed by atoms with Crippen molar-refractivity contribution in [3.05, 3.63) is 41.8 Å². The van der Waals surface area contributed by atoms with Crippen molar-refractivity contribution in [2.45, 2.75) is 79.4 Å². The van der Waals surface area contributed by atoms with E-state index >= 15 is 0 Å². The first-order chi connectivity index (χ1) is 18.1. The first-order valence-electron chi connectivity index (χ1n) is 12.9. The summed E-state index contributed by atoms with van der Waals surface area (Å²) in [6, 6.07) is 5.92. The predicted molar refractivity (Wildman–Crippen MR) is 153 cm³/mol. The lowest BCUT2D eigenvalue weighted by Crippen LogP contribution is -2.61. The average Bonchev–Trinajstić information content (AvgIpc) is 3.48. The zero-order valence-electron chi connectivity index (χ0n) is 22.5. The third-order valence-electron chi connectivity index (χ3n) is 7.19. The van der Waals surface area contributed by atoms with E-state index in [9.17, 15) is 5.11 Å². The number of halogens is 1. The van der Waals surface area contributed by atoms with Crippen LogP contribution in [0.15, 0.2) is 51.5 Å². The maximum absolute atomic E-state index is 10.7. The summed E-state index contributed by atoms with van der Waals surface area (Å²) in [7, 11) is 0. The molecule has 4 heterocycles. The number of nitrogens with one attached hydrogen (secondary N) is 1. The van der Waals surface area contributed by atoms with E-state index in [2.05, 4.69) is 32.6 Å². The monoisotopic (exact) mass is 577 g/mol. The number of thioether (sulfide) groups is 1. The molecule has 0 radical (unpaired) electrons. The standard InChI is InChI=1S/C27H36ClN5O3S2/c1-17-13-27(16-35-17)9-11-32(15-21(27)31-25(34)36-26(2,3)4)24-30-14-20(23-29-10-12-33(23)24)38-19-8-6-7-18(28)22(19)37-5/h6-8,10,12,14,17,21,25,31,34H,9,11,13,15-16H2,1-5H3/t17-,21?,25?,27?/m0/s1. The third kappa shape index (κ3) is 5.82. The maximum Gasteiger partial charge on any atom is 0.214 e. The zero-order chi connectivity index (χ0) is 27.1. The summed E-state index contributed by atoms with van der Waals surface area (Å²) in [6.07, 6.45) is 8.69. The molecular formula is C27H36ClN5O3S2. The number of ether oxygens (including phenoxy) is 2. The molecule has 2 aliphatic heterocycles. The van der Waals surface area contributed by atoms with Crippen LogP contribution in [0.5, 0.6) is 0 Å². The van der Waals surface area contributed by atoms with Gasteiger partial charge in [0.05, 0.1) is 28.2 Å². The number of aliphatic hydroxyl groups excluding tert-OH is 1. The zero-order valence-corrected chi connectivity index (χ0v) is 24.9. The van der Waals surface area contributed by atoms with Crippen molar-refractivity contribution >= 4 is 46.7 Å². The molecule has 3 aromatic rings. The number of nitrogens with zero attached hydrogens (tertiary/aromatic N) is 4. The van der Waals surface area contributed by atoms with Crippen LogP contribution >= 0.6 is 35.1 Å². The molecule has 0 bridgehead atoms. The van der Waals surface area contributed by atoms with Gasteiger partial charge < -0.3 is 19.5 Å². The van der Waals surface area contributed by atoms with Crippen LogP contribution in [0.2, 0.25) is 5.02 Å². The highest BCUT2D eigenvalue weighted by molar-refractivity contribution is 8.02.